The molecule has 1 heterocycles. The average molecular weight is 274 g/mol. The molecule has 0 bridgehead atoms. The fourth-order valence-electron chi connectivity index (χ4n) is 2.21. The number of rotatable bonds is 6. The topological polar surface area (TPSA) is 47.3 Å². The molecule has 20 heavy (non-hydrogen) atoms. The number of methoxy groups -OCH3 is 1. The summed E-state index contributed by atoms with van der Waals surface area (Å²) in [5.74, 6) is 0.819. The lowest BCUT2D eigenvalue weighted by molar-refractivity contribution is 0.172. The second-order valence-electron chi connectivity index (χ2n) is 5.25. The summed E-state index contributed by atoms with van der Waals surface area (Å²) in [6.07, 6.45) is 2.62. The van der Waals surface area contributed by atoms with E-state index in [-0.39, 0.29) is 0 Å². The fourth-order valence-corrected chi connectivity index (χ4v) is 2.21. The molecule has 1 atom stereocenters. The van der Waals surface area contributed by atoms with Gasteiger partial charge in [-0.25, -0.2) is 0 Å². The van der Waals surface area contributed by atoms with Gasteiger partial charge in [0.1, 0.15) is 5.75 Å². The van der Waals surface area contributed by atoms with Crippen LogP contribution in [0.4, 0.5) is 0 Å². The molecule has 2 aromatic rings. The van der Waals surface area contributed by atoms with Crippen molar-refractivity contribution in [2.75, 3.05) is 7.11 Å². The number of benzene rings is 1. The molecule has 0 aliphatic heterocycles. The molecule has 0 amide bonds. The zero-order valence-corrected chi connectivity index (χ0v) is 12.3. The second kappa shape index (κ2) is 6.57. The highest BCUT2D eigenvalue weighted by atomic mass is 16.5. The van der Waals surface area contributed by atoms with Crippen molar-refractivity contribution < 1.29 is 9.84 Å². The molecule has 1 N–H and O–H groups in total. The number of ether oxygens (including phenoxy) is 1. The Bertz CT molecular complexity index is 549. The quantitative estimate of drug-likeness (QED) is 0.881. The summed E-state index contributed by atoms with van der Waals surface area (Å²) < 4.78 is 7.21. The predicted octanol–water partition coefficient (Wildman–Crippen LogP) is 2.62. The predicted molar refractivity (Wildman–Crippen MR) is 79.0 cm³/mol. The third kappa shape index (κ3) is 3.61. The maximum atomic E-state index is 10.2. The Morgan fingerprint density at radius 1 is 1.20 bits per heavy atom. The highest BCUT2D eigenvalue weighted by molar-refractivity contribution is 5.33. The van der Waals surface area contributed by atoms with Crippen molar-refractivity contribution in [3.05, 3.63) is 47.8 Å². The van der Waals surface area contributed by atoms with E-state index in [1.807, 2.05) is 41.2 Å². The van der Waals surface area contributed by atoms with E-state index in [2.05, 4.69) is 18.9 Å². The summed E-state index contributed by atoms with van der Waals surface area (Å²) in [6, 6.07) is 10.1. The molecule has 1 unspecified atom stereocenters. The zero-order valence-electron chi connectivity index (χ0n) is 12.3. The Hall–Kier alpha value is -1.81. The van der Waals surface area contributed by atoms with Crippen molar-refractivity contribution >= 4 is 0 Å². The van der Waals surface area contributed by atoms with Gasteiger partial charge in [-0.15, -0.1) is 0 Å². The average Bonchev–Trinajstić information content (AvgIpc) is 2.88. The highest BCUT2D eigenvalue weighted by Crippen LogP contribution is 2.20. The SMILES string of the molecule is COc1ccccc1CC(O)Cc1ccn(C(C)C)n1. The Balaban J connectivity index is 1.99. The standard InChI is InChI=1S/C16H22N2O2/c1-12(2)18-9-8-14(17-18)11-15(19)10-13-6-4-5-7-16(13)20-3/h4-9,12,15,19H,10-11H2,1-3H3. The lowest BCUT2D eigenvalue weighted by Gasteiger charge is -2.12. The molecule has 0 aliphatic carbocycles. The van der Waals surface area contributed by atoms with Crippen molar-refractivity contribution in [3.63, 3.8) is 0 Å². The largest absolute Gasteiger partial charge is 0.496 e. The van der Waals surface area contributed by atoms with Crippen molar-refractivity contribution in [2.45, 2.75) is 38.8 Å². The molecule has 4 heteroatoms. The van der Waals surface area contributed by atoms with Gasteiger partial charge in [0.05, 0.1) is 18.9 Å². The molecule has 1 aromatic heterocycles. The van der Waals surface area contributed by atoms with Gasteiger partial charge in [-0.3, -0.25) is 4.68 Å². The summed E-state index contributed by atoms with van der Waals surface area (Å²) >= 11 is 0. The van der Waals surface area contributed by atoms with E-state index in [1.165, 1.54) is 0 Å². The molecule has 0 fully saturated rings. The number of hydrogen-bond acceptors (Lipinski definition) is 3. The minimum atomic E-state index is -0.457. The molecule has 4 nitrogen and oxygen atoms in total. The van der Waals surface area contributed by atoms with Crippen LogP contribution in [0.15, 0.2) is 36.5 Å². The van der Waals surface area contributed by atoms with Crippen LogP contribution in [0.1, 0.15) is 31.1 Å². The van der Waals surface area contributed by atoms with Crippen LogP contribution in [-0.4, -0.2) is 28.1 Å². The van der Waals surface area contributed by atoms with Crippen LogP contribution in [0, 0.1) is 0 Å². The smallest absolute Gasteiger partial charge is 0.122 e. The van der Waals surface area contributed by atoms with E-state index in [4.69, 9.17) is 4.74 Å². The van der Waals surface area contributed by atoms with Gasteiger partial charge in [-0.2, -0.15) is 5.10 Å². The van der Waals surface area contributed by atoms with Gasteiger partial charge in [-0.1, -0.05) is 18.2 Å². The first kappa shape index (κ1) is 14.6. The van der Waals surface area contributed by atoms with Crippen molar-refractivity contribution in [2.24, 2.45) is 0 Å². The highest BCUT2D eigenvalue weighted by Gasteiger charge is 2.12. The molecule has 0 spiro atoms. The third-order valence-corrected chi connectivity index (χ3v) is 3.29. The number of hydrogen-bond donors (Lipinski definition) is 1. The zero-order chi connectivity index (χ0) is 14.5. The maximum Gasteiger partial charge on any atom is 0.122 e. The summed E-state index contributed by atoms with van der Waals surface area (Å²) in [5.41, 5.74) is 1.94. The molecule has 0 radical (unpaired) electrons. The Morgan fingerprint density at radius 2 is 1.95 bits per heavy atom. The maximum absolute atomic E-state index is 10.2. The van der Waals surface area contributed by atoms with Gasteiger partial charge >= 0.3 is 0 Å². The van der Waals surface area contributed by atoms with Gasteiger partial charge in [0.2, 0.25) is 0 Å². The fraction of sp³-hybridized carbons (Fsp3) is 0.438. The molecule has 2 rings (SSSR count). The van der Waals surface area contributed by atoms with Crippen LogP contribution in [0.5, 0.6) is 5.75 Å². The summed E-state index contributed by atoms with van der Waals surface area (Å²) in [6.45, 7) is 4.17. The van der Waals surface area contributed by atoms with E-state index in [0.717, 1.165) is 17.0 Å². The Morgan fingerprint density at radius 3 is 2.60 bits per heavy atom. The number of aromatic nitrogens is 2. The molecule has 0 aliphatic rings. The summed E-state index contributed by atoms with van der Waals surface area (Å²) in [5, 5.41) is 14.7. The first-order valence-corrected chi connectivity index (χ1v) is 6.94. The first-order chi connectivity index (χ1) is 9.60. The minimum absolute atomic E-state index is 0.343. The van der Waals surface area contributed by atoms with Gasteiger partial charge < -0.3 is 9.84 Å². The van der Waals surface area contributed by atoms with E-state index >= 15 is 0 Å². The van der Waals surface area contributed by atoms with Gasteiger partial charge in [0, 0.05) is 25.1 Å². The monoisotopic (exact) mass is 274 g/mol. The van der Waals surface area contributed by atoms with E-state index in [9.17, 15) is 5.11 Å². The van der Waals surface area contributed by atoms with Crippen LogP contribution in [-0.2, 0) is 12.8 Å². The molecular weight excluding hydrogens is 252 g/mol. The third-order valence-electron chi connectivity index (χ3n) is 3.29. The van der Waals surface area contributed by atoms with Crippen LogP contribution >= 0.6 is 0 Å². The van der Waals surface area contributed by atoms with E-state index in [0.29, 0.717) is 18.9 Å². The van der Waals surface area contributed by atoms with Gasteiger partial charge in [-0.05, 0) is 31.5 Å². The molecule has 1 aromatic carbocycles. The molecule has 0 saturated carbocycles. The van der Waals surface area contributed by atoms with Crippen LogP contribution in [0.2, 0.25) is 0 Å². The lowest BCUT2D eigenvalue weighted by Crippen LogP contribution is -2.15. The number of aliphatic hydroxyl groups is 1. The number of para-hydroxylation sites is 1. The minimum Gasteiger partial charge on any atom is -0.496 e. The van der Waals surface area contributed by atoms with Crippen molar-refractivity contribution in [3.8, 4) is 5.75 Å². The first-order valence-electron chi connectivity index (χ1n) is 6.94. The molecule has 108 valence electrons. The normalized spacial score (nSPS) is 12.7. The van der Waals surface area contributed by atoms with Gasteiger partial charge in [0.25, 0.3) is 0 Å². The van der Waals surface area contributed by atoms with Crippen LogP contribution in [0.3, 0.4) is 0 Å². The van der Waals surface area contributed by atoms with E-state index in [1.54, 1.807) is 7.11 Å². The molecular formula is C16H22N2O2. The van der Waals surface area contributed by atoms with Crippen molar-refractivity contribution in [1.82, 2.24) is 9.78 Å². The van der Waals surface area contributed by atoms with Crippen LogP contribution < -0.4 is 4.74 Å². The number of aliphatic hydroxyl groups excluding tert-OH is 1. The second-order valence-corrected chi connectivity index (χ2v) is 5.25. The van der Waals surface area contributed by atoms with Crippen LogP contribution in [0.25, 0.3) is 0 Å². The molecule has 0 saturated heterocycles. The Labute approximate surface area is 120 Å². The summed E-state index contributed by atoms with van der Waals surface area (Å²) in [4.78, 5) is 0. The Kier molecular flexibility index (Phi) is 4.79. The van der Waals surface area contributed by atoms with E-state index < -0.39 is 6.10 Å². The van der Waals surface area contributed by atoms with Crippen molar-refractivity contribution in [1.29, 1.82) is 0 Å². The number of nitrogens with zero attached hydrogens (tertiary/aromatic N) is 2. The lowest BCUT2D eigenvalue weighted by atomic mass is 10.0. The summed E-state index contributed by atoms with van der Waals surface area (Å²) in [7, 11) is 1.65. The van der Waals surface area contributed by atoms with Gasteiger partial charge in [0.15, 0.2) is 0 Å².